The van der Waals surface area contributed by atoms with E-state index >= 15 is 0 Å². The Morgan fingerprint density at radius 1 is 0.975 bits per heavy atom. The fourth-order valence-electron chi connectivity index (χ4n) is 4.12. The number of aliphatic carboxylic acids is 3. The molecule has 220 valence electrons. The first kappa shape index (κ1) is 32.3. The highest BCUT2D eigenvalue weighted by Gasteiger charge is 2.40. The maximum Gasteiger partial charge on any atom is 0.336 e. The first-order valence-electron chi connectivity index (χ1n) is 12.3. The highest BCUT2D eigenvalue weighted by atomic mass is 19.1. The van der Waals surface area contributed by atoms with Gasteiger partial charge >= 0.3 is 17.9 Å². The van der Waals surface area contributed by atoms with Gasteiger partial charge in [-0.25, -0.2) is 9.18 Å². The second kappa shape index (κ2) is 15.0. The van der Waals surface area contributed by atoms with Crippen LogP contribution in [0.25, 0.3) is 0 Å². The van der Waals surface area contributed by atoms with Gasteiger partial charge in [-0.05, 0) is 48.2 Å². The van der Waals surface area contributed by atoms with Crippen LogP contribution in [0.4, 0.5) is 4.39 Å². The van der Waals surface area contributed by atoms with Gasteiger partial charge in [-0.1, -0.05) is 12.1 Å². The summed E-state index contributed by atoms with van der Waals surface area (Å²) >= 11 is 0. The number of rotatable bonds is 13. The van der Waals surface area contributed by atoms with Crippen LogP contribution < -0.4 is 9.47 Å². The van der Waals surface area contributed by atoms with Crippen LogP contribution in [0.15, 0.2) is 36.4 Å². The molecular formula is C27H34FNO11. The smallest absolute Gasteiger partial charge is 0.336 e. The average molecular weight is 568 g/mol. The Bertz CT molecular complexity index is 1110. The molecule has 2 aromatic rings. The van der Waals surface area contributed by atoms with Crippen molar-refractivity contribution in [2.75, 3.05) is 27.4 Å². The van der Waals surface area contributed by atoms with E-state index in [-0.39, 0.29) is 17.7 Å². The summed E-state index contributed by atoms with van der Waals surface area (Å²) in [6, 6.07) is 10.2. The van der Waals surface area contributed by atoms with E-state index in [1.54, 1.807) is 12.1 Å². The van der Waals surface area contributed by atoms with Gasteiger partial charge in [0, 0.05) is 26.2 Å². The monoisotopic (exact) mass is 567 g/mol. The van der Waals surface area contributed by atoms with Crippen molar-refractivity contribution in [1.29, 1.82) is 0 Å². The third-order valence-electron chi connectivity index (χ3n) is 6.04. The van der Waals surface area contributed by atoms with Crippen LogP contribution in [-0.2, 0) is 32.2 Å². The lowest BCUT2D eigenvalue weighted by Crippen LogP contribution is -2.42. The number of nitrogens with zero attached hydrogens (tertiary/aromatic N) is 1. The number of phenols is 1. The summed E-state index contributed by atoms with van der Waals surface area (Å²) in [6.07, 6.45) is 0.0350. The largest absolute Gasteiger partial charge is 0.502 e. The second-order valence-electron chi connectivity index (χ2n) is 9.26. The molecule has 5 N–H and O–H groups in total. The Hall–Kier alpha value is -3.94. The van der Waals surface area contributed by atoms with Gasteiger partial charge in [-0.2, -0.15) is 0 Å². The molecule has 40 heavy (non-hydrogen) atoms. The topological polar surface area (TPSA) is 183 Å². The molecule has 1 atom stereocenters. The van der Waals surface area contributed by atoms with Crippen molar-refractivity contribution in [3.63, 3.8) is 0 Å². The number of hydrogen-bond donors (Lipinski definition) is 5. The fourth-order valence-corrected chi connectivity index (χ4v) is 4.12. The van der Waals surface area contributed by atoms with Gasteiger partial charge in [0.15, 0.2) is 17.1 Å². The zero-order valence-corrected chi connectivity index (χ0v) is 22.2. The number of carbonyl (C=O) groups is 3. The lowest BCUT2D eigenvalue weighted by Gasteiger charge is -2.26. The number of carboxylic acid groups (broad SMARTS) is 3. The number of methoxy groups -OCH3 is 2. The molecule has 0 saturated carbocycles. The Labute approximate surface area is 230 Å². The molecule has 1 heterocycles. The summed E-state index contributed by atoms with van der Waals surface area (Å²) < 4.78 is 29.5. The molecule has 13 heteroatoms. The van der Waals surface area contributed by atoms with Crippen molar-refractivity contribution < 1.29 is 58.5 Å². The zero-order valence-electron chi connectivity index (χ0n) is 22.2. The minimum absolute atomic E-state index is 0.00652. The maximum absolute atomic E-state index is 13.2. The minimum atomic E-state index is -2.74. The molecule has 0 spiro atoms. The Balaban J connectivity index is 0.000000366. The quantitative estimate of drug-likeness (QED) is 0.239. The summed E-state index contributed by atoms with van der Waals surface area (Å²) in [6.45, 7) is 2.88. The number of hydrogen-bond acceptors (Lipinski definition) is 9. The SMILES string of the molecule is COc1cc(CN(Cc2ccc(F)cc2)CC2CCCO2)cc(OC)c1O.O=C(O)CC(O)(CC(=O)O)C(=O)O. The third kappa shape index (κ3) is 9.98. The lowest BCUT2D eigenvalue weighted by molar-refractivity contribution is -0.170. The number of aromatic hydroxyl groups is 1. The minimum Gasteiger partial charge on any atom is -0.502 e. The molecule has 1 aliphatic rings. The molecule has 0 amide bonds. The molecule has 0 bridgehead atoms. The number of phenolic OH excluding ortho intramolecular Hbond substituents is 1. The standard InChI is InChI=1S/C21H26FNO4.C6H8O7/c1-25-19-10-16(11-20(26-2)21(19)24)13-23(14-18-4-3-9-27-18)12-15-5-7-17(22)8-6-15;7-3(8)1-6(13,5(11)12)2-4(9)10/h5-8,10-11,18,24H,3-4,9,12-14H2,1-2H3;13H,1-2H2,(H,7,8)(H,9,10)(H,11,12). The average Bonchev–Trinajstić information content (AvgIpc) is 3.38. The molecule has 1 saturated heterocycles. The van der Waals surface area contributed by atoms with Gasteiger partial charge < -0.3 is 39.7 Å². The molecule has 0 radical (unpaired) electrons. The highest BCUT2D eigenvalue weighted by molar-refractivity contribution is 5.88. The Kier molecular flexibility index (Phi) is 12.1. The predicted octanol–water partition coefficient (Wildman–Crippen LogP) is 2.48. The van der Waals surface area contributed by atoms with Crippen molar-refractivity contribution in [1.82, 2.24) is 4.90 Å². The number of aliphatic hydroxyl groups is 1. The van der Waals surface area contributed by atoms with E-state index in [1.807, 2.05) is 12.1 Å². The fraction of sp³-hybridized carbons (Fsp3) is 0.444. The first-order chi connectivity index (χ1) is 18.9. The normalized spacial score (nSPS) is 14.8. The van der Waals surface area contributed by atoms with Crippen LogP contribution in [0.5, 0.6) is 17.2 Å². The van der Waals surface area contributed by atoms with E-state index in [4.69, 9.17) is 34.6 Å². The maximum atomic E-state index is 13.2. The van der Waals surface area contributed by atoms with Crippen LogP contribution in [0.1, 0.15) is 36.8 Å². The highest BCUT2D eigenvalue weighted by Crippen LogP contribution is 2.37. The zero-order chi connectivity index (χ0) is 29.9. The number of ether oxygens (including phenoxy) is 3. The van der Waals surface area contributed by atoms with E-state index in [2.05, 4.69) is 4.90 Å². The summed E-state index contributed by atoms with van der Waals surface area (Å²) in [5, 5.41) is 43.9. The van der Waals surface area contributed by atoms with E-state index in [0.29, 0.717) is 24.6 Å². The van der Waals surface area contributed by atoms with E-state index < -0.39 is 36.4 Å². The number of carboxylic acids is 3. The molecule has 1 unspecified atom stereocenters. The molecule has 2 aromatic carbocycles. The molecular weight excluding hydrogens is 533 g/mol. The van der Waals surface area contributed by atoms with Crippen molar-refractivity contribution in [3.05, 3.63) is 53.3 Å². The van der Waals surface area contributed by atoms with Crippen molar-refractivity contribution in [2.45, 2.75) is 50.5 Å². The van der Waals surface area contributed by atoms with E-state index in [9.17, 15) is 23.9 Å². The summed E-state index contributed by atoms with van der Waals surface area (Å²) in [5.41, 5.74) is -0.744. The van der Waals surface area contributed by atoms with Gasteiger partial charge in [0.2, 0.25) is 5.75 Å². The predicted molar refractivity (Wildman–Crippen MR) is 138 cm³/mol. The van der Waals surface area contributed by atoms with Crippen molar-refractivity contribution in [2.24, 2.45) is 0 Å². The van der Waals surface area contributed by atoms with Crippen molar-refractivity contribution >= 4 is 17.9 Å². The van der Waals surface area contributed by atoms with Crippen LogP contribution >= 0.6 is 0 Å². The van der Waals surface area contributed by atoms with Gasteiger partial charge in [-0.3, -0.25) is 14.5 Å². The molecule has 0 aliphatic carbocycles. The summed E-state index contributed by atoms with van der Waals surface area (Å²) in [4.78, 5) is 32.7. The summed E-state index contributed by atoms with van der Waals surface area (Å²) in [5.74, 6) is -4.51. The molecule has 12 nitrogen and oxygen atoms in total. The number of benzene rings is 2. The summed E-state index contributed by atoms with van der Waals surface area (Å²) in [7, 11) is 3.03. The van der Waals surface area contributed by atoms with E-state index in [1.165, 1.54) is 26.4 Å². The van der Waals surface area contributed by atoms with Gasteiger partial charge in [0.1, 0.15) is 5.82 Å². The van der Waals surface area contributed by atoms with Gasteiger partial charge in [-0.15, -0.1) is 0 Å². The van der Waals surface area contributed by atoms with Gasteiger partial charge in [0.05, 0.1) is 33.2 Å². The number of halogens is 1. The van der Waals surface area contributed by atoms with Crippen LogP contribution in [0, 0.1) is 5.82 Å². The first-order valence-corrected chi connectivity index (χ1v) is 12.3. The molecule has 3 rings (SSSR count). The van der Waals surface area contributed by atoms with Crippen molar-refractivity contribution in [3.8, 4) is 17.2 Å². The Morgan fingerprint density at radius 2 is 1.50 bits per heavy atom. The molecule has 1 fully saturated rings. The molecule has 0 aromatic heterocycles. The lowest BCUT2D eigenvalue weighted by atomic mass is 9.96. The van der Waals surface area contributed by atoms with Crippen LogP contribution in [0.3, 0.4) is 0 Å². The van der Waals surface area contributed by atoms with E-state index in [0.717, 1.165) is 37.1 Å². The van der Waals surface area contributed by atoms with Gasteiger partial charge in [0.25, 0.3) is 0 Å². The van der Waals surface area contributed by atoms with Crippen LogP contribution in [-0.4, -0.2) is 87.4 Å². The Morgan fingerprint density at radius 3 is 1.93 bits per heavy atom. The van der Waals surface area contributed by atoms with Crippen LogP contribution in [0.2, 0.25) is 0 Å². The second-order valence-corrected chi connectivity index (χ2v) is 9.26. The molecule has 1 aliphatic heterocycles. The third-order valence-corrected chi connectivity index (χ3v) is 6.04.